The van der Waals surface area contributed by atoms with Crippen LogP contribution in [0.15, 0.2) is 23.4 Å². The summed E-state index contributed by atoms with van der Waals surface area (Å²) in [5.74, 6) is 2.04. The number of carbonyl (C=O) groups excluding carboxylic acids is 2. The quantitative estimate of drug-likeness (QED) is 0.513. The number of benzene rings is 1. The first-order valence-electron chi connectivity index (χ1n) is 11.5. The van der Waals surface area contributed by atoms with Crippen molar-refractivity contribution >= 4 is 23.5 Å². The summed E-state index contributed by atoms with van der Waals surface area (Å²) in [5, 5.41) is 12.5. The van der Waals surface area contributed by atoms with E-state index in [1.54, 1.807) is 14.2 Å². The third-order valence-electron chi connectivity index (χ3n) is 6.00. The number of amides is 1. The Labute approximate surface area is 199 Å². The van der Waals surface area contributed by atoms with Crippen LogP contribution in [0.3, 0.4) is 0 Å². The fraction of sp³-hybridized carbons (Fsp3) is 0.583. The van der Waals surface area contributed by atoms with Gasteiger partial charge in [0.15, 0.2) is 28.3 Å². The molecule has 1 N–H and O–H groups in total. The van der Waals surface area contributed by atoms with Gasteiger partial charge in [-0.3, -0.25) is 14.2 Å². The van der Waals surface area contributed by atoms with E-state index in [0.29, 0.717) is 16.7 Å². The zero-order valence-electron chi connectivity index (χ0n) is 20.1. The molecule has 1 aromatic heterocycles. The van der Waals surface area contributed by atoms with Gasteiger partial charge in [-0.05, 0) is 43.9 Å². The first-order chi connectivity index (χ1) is 15.8. The number of nitrogens with zero attached hydrogens (tertiary/aromatic N) is 3. The summed E-state index contributed by atoms with van der Waals surface area (Å²) in [7, 11) is 3.22. The van der Waals surface area contributed by atoms with Gasteiger partial charge in [-0.15, -0.1) is 10.2 Å². The standard InChI is InChI=1S/C24H34N4O4S/c1-15(2)22(16(3)29)25-21(30)14-33-24-27-26-23(28(24)18-9-7-6-8-10-18)17-11-12-19(31-4)20(13-17)32-5/h11-13,15,18,22H,6-10,14H2,1-5H3,(H,25,30). The zero-order valence-corrected chi connectivity index (χ0v) is 20.9. The van der Waals surface area contributed by atoms with Gasteiger partial charge >= 0.3 is 0 Å². The fourth-order valence-corrected chi connectivity index (χ4v) is 5.12. The van der Waals surface area contributed by atoms with Gasteiger partial charge in [-0.1, -0.05) is 44.9 Å². The predicted octanol–water partition coefficient (Wildman–Crippen LogP) is 4.29. The molecule has 0 aliphatic heterocycles. The number of carbonyl (C=O) groups is 2. The molecule has 9 heteroatoms. The first-order valence-corrected chi connectivity index (χ1v) is 12.4. The lowest BCUT2D eigenvalue weighted by molar-refractivity contribution is -0.126. The maximum absolute atomic E-state index is 12.6. The van der Waals surface area contributed by atoms with Crippen LogP contribution in [0.25, 0.3) is 11.4 Å². The van der Waals surface area contributed by atoms with Crippen LogP contribution in [-0.2, 0) is 9.59 Å². The number of ether oxygens (including phenoxy) is 2. The number of thioether (sulfide) groups is 1. The molecule has 0 saturated heterocycles. The molecule has 1 amide bonds. The monoisotopic (exact) mass is 474 g/mol. The number of hydrogen-bond donors (Lipinski definition) is 1. The molecular formula is C24H34N4O4S. The molecule has 1 aliphatic carbocycles. The lowest BCUT2D eigenvalue weighted by Crippen LogP contribution is -2.44. The van der Waals surface area contributed by atoms with Gasteiger partial charge < -0.3 is 14.8 Å². The number of nitrogens with one attached hydrogen (secondary N) is 1. The first kappa shape index (κ1) is 25.1. The molecule has 1 fully saturated rings. The van der Waals surface area contributed by atoms with Crippen LogP contribution >= 0.6 is 11.8 Å². The highest BCUT2D eigenvalue weighted by atomic mass is 32.2. The normalized spacial score (nSPS) is 15.3. The third kappa shape index (κ3) is 6.07. The molecule has 1 aromatic carbocycles. The largest absolute Gasteiger partial charge is 0.493 e. The number of hydrogen-bond acceptors (Lipinski definition) is 7. The van der Waals surface area contributed by atoms with Gasteiger partial charge in [0.25, 0.3) is 0 Å². The molecule has 1 saturated carbocycles. The van der Waals surface area contributed by atoms with E-state index in [2.05, 4.69) is 20.1 Å². The Bertz CT molecular complexity index is 969. The molecule has 1 unspecified atom stereocenters. The van der Waals surface area contributed by atoms with Crippen molar-refractivity contribution in [3.8, 4) is 22.9 Å². The molecule has 180 valence electrons. The van der Waals surface area contributed by atoms with Crippen LogP contribution < -0.4 is 14.8 Å². The molecule has 2 aromatic rings. The van der Waals surface area contributed by atoms with E-state index < -0.39 is 6.04 Å². The highest BCUT2D eigenvalue weighted by Gasteiger charge is 2.26. The van der Waals surface area contributed by atoms with Gasteiger partial charge in [0.05, 0.1) is 26.0 Å². The van der Waals surface area contributed by atoms with Crippen molar-refractivity contribution in [3.05, 3.63) is 18.2 Å². The van der Waals surface area contributed by atoms with Crippen LogP contribution in [0.1, 0.15) is 58.9 Å². The number of aromatic nitrogens is 3. The average Bonchev–Trinajstić information content (AvgIpc) is 3.24. The molecule has 0 radical (unpaired) electrons. The van der Waals surface area contributed by atoms with E-state index in [4.69, 9.17) is 9.47 Å². The summed E-state index contributed by atoms with van der Waals surface area (Å²) in [6.07, 6.45) is 5.66. The third-order valence-corrected chi connectivity index (χ3v) is 6.94. The average molecular weight is 475 g/mol. The summed E-state index contributed by atoms with van der Waals surface area (Å²) in [4.78, 5) is 24.4. The van der Waals surface area contributed by atoms with Gasteiger partial charge in [0.1, 0.15) is 0 Å². The van der Waals surface area contributed by atoms with Crippen molar-refractivity contribution in [2.45, 2.75) is 70.1 Å². The topological polar surface area (TPSA) is 95.3 Å². The minimum absolute atomic E-state index is 0.0375. The molecule has 1 heterocycles. The molecule has 1 atom stereocenters. The lowest BCUT2D eigenvalue weighted by atomic mass is 9.95. The summed E-state index contributed by atoms with van der Waals surface area (Å²) in [5.41, 5.74) is 0.887. The maximum atomic E-state index is 12.6. The van der Waals surface area contributed by atoms with E-state index in [0.717, 1.165) is 37.1 Å². The second-order valence-corrected chi connectivity index (χ2v) is 9.67. The molecule has 8 nitrogen and oxygen atoms in total. The van der Waals surface area contributed by atoms with Crippen molar-refractivity contribution in [1.82, 2.24) is 20.1 Å². The minimum atomic E-state index is -0.475. The number of Topliss-reactive ketones (excluding diaryl/α,β-unsaturated/α-hetero) is 1. The van der Waals surface area contributed by atoms with Gasteiger partial charge in [-0.25, -0.2) is 0 Å². The van der Waals surface area contributed by atoms with E-state index in [1.807, 2.05) is 32.0 Å². The lowest BCUT2D eigenvalue weighted by Gasteiger charge is -2.26. The molecule has 0 spiro atoms. The van der Waals surface area contributed by atoms with Crippen molar-refractivity contribution in [1.29, 1.82) is 0 Å². The second kappa shape index (κ2) is 11.5. The Kier molecular flexibility index (Phi) is 8.77. The van der Waals surface area contributed by atoms with Crippen molar-refractivity contribution in [3.63, 3.8) is 0 Å². The van der Waals surface area contributed by atoms with Crippen LogP contribution in [0, 0.1) is 5.92 Å². The predicted molar refractivity (Wildman–Crippen MR) is 129 cm³/mol. The van der Waals surface area contributed by atoms with Gasteiger partial charge in [-0.2, -0.15) is 0 Å². The Morgan fingerprint density at radius 3 is 2.42 bits per heavy atom. The van der Waals surface area contributed by atoms with E-state index in [1.165, 1.54) is 25.1 Å². The van der Waals surface area contributed by atoms with Crippen LogP contribution in [0.2, 0.25) is 0 Å². The van der Waals surface area contributed by atoms with E-state index in [-0.39, 0.29) is 29.4 Å². The van der Waals surface area contributed by atoms with Crippen LogP contribution in [-0.4, -0.2) is 52.5 Å². The van der Waals surface area contributed by atoms with Gasteiger partial charge in [0.2, 0.25) is 5.91 Å². The molecule has 1 aliphatic rings. The minimum Gasteiger partial charge on any atom is -0.493 e. The smallest absolute Gasteiger partial charge is 0.231 e. The van der Waals surface area contributed by atoms with E-state index in [9.17, 15) is 9.59 Å². The van der Waals surface area contributed by atoms with Gasteiger partial charge in [0, 0.05) is 11.6 Å². The van der Waals surface area contributed by atoms with E-state index >= 15 is 0 Å². The summed E-state index contributed by atoms with van der Waals surface area (Å²) in [6, 6.07) is 5.52. The summed E-state index contributed by atoms with van der Waals surface area (Å²) >= 11 is 1.36. The highest BCUT2D eigenvalue weighted by molar-refractivity contribution is 7.99. The Morgan fingerprint density at radius 1 is 1.12 bits per heavy atom. The number of methoxy groups -OCH3 is 2. The molecule has 3 rings (SSSR count). The zero-order chi connectivity index (χ0) is 24.0. The second-order valence-electron chi connectivity index (χ2n) is 8.73. The molecular weight excluding hydrogens is 440 g/mol. The molecule has 0 bridgehead atoms. The fourth-order valence-electron chi connectivity index (χ4n) is 4.30. The van der Waals surface area contributed by atoms with Crippen LogP contribution in [0.4, 0.5) is 0 Å². The Morgan fingerprint density at radius 2 is 1.82 bits per heavy atom. The molecule has 33 heavy (non-hydrogen) atoms. The Balaban J connectivity index is 1.86. The van der Waals surface area contributed by atoms with Crippen LogP contribution in [0.5, 0.6) is 11.5 Å². The summed E-state index contributed by atoms with van der Waals surface area (Å²) in [6.45, 7) is 5.36. The van der Waals surface area contributed by atoms with Crippen molar-refractivity contribution in [2.75, 3.05) is 20.0 Å². The maximum Gasteiger partial charge on any atom is 0.231 e. The summed E-state index contributed by atoms with van der Waals surface area (Å²) < 4.78 is 13.0. The number of ketones is 1. The van der Waals surface area contributed by atoms with Crippen molar-refractivity contribution in [2.24, 2.45) is 5.92 Å². The van der Waals surface area contributed by atoms with Crippen molar-refractivity contribution < 1.29 is 19.1 Å². The number of rotatable bonds is 10. The highest BCUT2D eigenvalue weighted by Crippen LogP contribution is 2.38. The SMILES string of the molecule is COc1ccc(-c2nnc(SCC(=O)NC(C(C)=O)C(C)C)n2C2CCCCC2)cc1OC. The Hall–Kier alpha value is -2.55.